The highest BCUT2D eigenvalue weighted by atomic mass is 19.1. The molecule has 1 N–H and O–H groups in total. The lowest BCUT2D eigenvalue weighted by Crippen LogP contribution is -2.48. The third-order valence-electron chi connectivity index (χ3n) is 3.76. The number of hydrogen-bond acceptors (Lipinski definition) is 4. The lowest BCUT2D eigenvalue weighted by Gasteiger charge is -2.30. The Bertz CT molecular complexity index is 777. The van der Waals surface area contributed by atoms with Crippen LogP contribution in [0.4, 0.5) is 4.39 Å². The van der Waals surface area contributed by atoms with Gasteiger partial charge in [-0.2, -0.15) is 0 Å². The van der Waals surface area contributed by atoms with Crippen LogP contribution < -0.4 is 4.74 Å². The highest BCUT2D eigenvalue weighted by molar-refractivity contribution is 5.94. The zero-order chi connectivity index (χ0) is 17.8. The second-order valence-corrected chi connectivity index (χ2v) is 5.53. The molecular formula is C18H16FNO5. The largest absolute Gasteiger partial charge is 0.479 e. The summed E-state index contributed by atoms with van der Waals surface area (Å²) in [5.74, 6) is -0.933. The molecule has 7 heteroatoms. The molecule has 0 spiro atoms. The van der Waals surface area contributed by atoms with E-state index in [1.807, 2.05) is 0 Å². The standard InChI is InChI=1S/C18H16FNO5/c19-13-2-1-3-15(10-13)25-14-6-4-12(5-7-14)17(21)20-8-9-24-16(11-20)18(22)23/h1-7,10,16H,8-9,11H2,(H,22,23)/t16-/m0/s1. The van der Waals surface area contributed by atoms with Crippen molar-refractivity contribution in [2.24, 2.45) is 0 Å². The van der Waals surface area contributed by atoms with Gasteiger partial charge in [0.15, 0.2) is 6.10 Å². The van der Waals surface area contributed by atoms with Gasteiger partial charge in [0.25, 0.3) is 5.91 Å². The van der Waals surface area contributed by atoms with Crippen LogP contribution in [0, 0.1) is 5.82 Å². The Kier molecular flexibility index (Phi) is 4.95. The quantitative estimate of drug-likeness (QED) is 0.922. The Morgan fingerprint density at radius 3 is 2.60 bits per heavy atom. The van der Waals surface area contributed by atoms with Crippen molar-refractivity contribution < 1.29 is 28.6 Å². The van der Waals surface area contributed by atoms with E-state index >= 15 is 0 Å². The number of rotatable bonds is 4. The zero-order valence-corrected chi connectivity index (χ0v) is 13.2. The van der Waals surface area contributed by atoms with E-state index in [1.165, 1.54) is 17.0 Å². The first-order valence-electron chi connectivity index (χ1n) is 7.70. The second-order valence-electron chi connectivity index (χ2n) is 5.53. The van der Waals surface area contributed by atoms with Gasteiger partial charge in [-0.05, 0) is 36.4 Å². The molecule has 2 aromatic carbocycles. The van der Waals surface area contributed by atoms with E-state index in [0.29, 0.717) is 23.6 Å². The summed E-state index contributed by atoms with van der Waals surface area (Å²) >= 11 is 0. The van der Waals surface area contributed by atoms with Gasteiger partial charge in [0.2, 0.25) is 0 Å². The third kappa shape index (κ3) is 4.13. The number of hydrogen-bond donors (Lipinski definition) is 1. The number of ether oxygens (including phenoxy) is 2. The number of halogens is 1. The Morgan fingerprint density at radius 2 is 1.92 bits per heavy atom. The van der Waals surface area contributed by atoms with Crippen LogP contribution in [0.25, 0.3) is 0 Å². The van der Waals surface area contributed by atoms with Crippen molar-refractivity contribution in [3.63, 3.8) is 0 Å². The smallest absolute Gasteiger partial charge is 0.334 e. The molecule has 0 bridgehead atoms. The highest BCUT2D eigenvalue weighted by Crippen LogP contribution is 2.23. The summed E-state index contributed by atoms with van der Waals surface area (Å²) in [6.45, 7) is 0.531. The molecule has 1 heterocycles. The molecule has 0 aromatic heterocycles. The number of nitrogens with zero attached hydrogens (tertiary/aromatic N) is 1. The summed E-state index contributed by atoms with van der Waals surface area (Å²) in [6, 6.07) is 12.1. The normalized spacial score (nSPS) is 17.2. The van der Waals surface area contributed by atoms with Crippen LogP contribution in [-0.2, 0) is 9.53 Å². The minimum absolute atomic E-state index is 0.00963. The number of carboxylic acids is 1. The lowest BCUT2D eigenvalue weighted by molar-refractivity contribution is -0.154. The van der Waals surface area contributed by atoms with Crippen LogP contribution in [0.3, 0.4) is 0 Å². The molecular weight excluding hydrogens is 329 g/mol. The number of aliphatic carboxylic acids is 1. The third-order valence-corrected chi connectivity index (χ3v) is 3.76. The topological polar surface area (TPSA) is 76.1 Å². The van der Waals surface area contributed by atoms with Gasteiger partial charge in [-0.3, -0.25) is 4.79 Å². The van der Waals surface area contributed by atoms with Crippen molar-refractivity contribution in [2.45, 2.75) is 6.10 Å². The van der Waals surface area contributed by atoms with Crippen molar-refractivity contribution in [3.05, 3.63) is 59.9 Å². The Balaban J connectivity index is 1.67. The summed E-state index contributed by atoms with van der Waals surface area (Å²) in [6.07, 6.45) is -1.01. The Morgan fingerprint density at radius 1 is 1.16 bits per heavy atom. The minimum Gasteiger partial charge on any atom is -0.479 e. The molecule has 0 aliphatic carbocycles. The van der Waals surface area contributed by atoms with Crippen molar-refractivity contribution >= 4 is 11.9 Å². The Hall–Kier alpha value is -2.93. The number of amides is 1. The summed E-state index contributed by atoms with van der Waals surface area (Å²) < 4.78 is 23.8. The van der Waals surface area contributed by atoms with Crippen molar-refractivity contribution in [3.8, 4) is 11.5 Å². The van der Waals surface area contributed by atoms with E-state index in [2.05, 4.69) is 0 Å². The fourth-order valence-corrected chi connectivity index (χ4v) is 2.50. The van der Waals surface area contributed by atoms with E-state index in [0.717, 1.165) is 0 Å². The van der Waals surface area contributed by atoms with E-state index in [9.17, 15) is 14.0 Å². The van der Waals surface area contributed by atoms with Gasteiger partial charge in [0.05, 0.1) is 13.2 Å². The van der Waals surface area contributed by atoms with Crippen LogP contribution in [0.5, 0.6) is 11.5 Å². The van der Waals surface area contributed by atoms with Crippen LogP contribution in [0.1, 0.15) is 10.4 Å². The van der Waals surface area contributed by atoms with Crippen molar-refractivity contribution in [1.82, 2.24) is 4.90 Å². The van der Waals surface area contributed by atoms with Crippen LogP contribution in [0.2, 0.25) is 0 Å². The predicted octanol–water partition coefficient (Wildman–Crippen LogP) is 2.54. The number of carbonyl (C=O) groups excluding carboxylic acids is 1. The van der Waals surface area contributed by atoms with Gasteiger partial charge in [-0.25, -0.2) is 9.18 Å². The average molecular weight is 345 g/mol. The summed E-state index contributed by atoms with van der Waals surface area (Å²) in [5, 5.41) is 9.00. The van der Waals surface area contributed by atoms with Gasteiger partial charge in [0, 0.05) is 18.2 Å². The predicted molar refractivity (Wildman–Crippen MR) is 86.2 cm³/mol. The number of morpholine rings is 1. The number of carboxylic acid groups (broad SMARTS) is 1. The summed E-state index contributed by atoms with van der Waals surface area (Å²) in [7, 11) is 0. The average Bonchev–Trinajstić information content (AvgIpc) is 2.62. The molecule has 3 rings (SSSR count). The second kappa shape index (κ2) is 7.31. The maximum atomic E-state index is 13.2. The van der Waals surface area contributed by atoms with Gasteiger partial charge < -0.3 is 19.5 Å². The molecule has 1 fully saturated rings. The molecule has 0 radical (unpaired) electrons. The van der Waals surface area contributed by atoms with E-state index < -0.39 is 17.9 Å². The lowest BCUT2D eigenvalue weighted by atomic mass is 10.1. The fourth-order valence-electron chi connectivity index (χ4n) is 2.50. The minimum atomic E-state index is -1.09. The molecule has 0 saturated carbocycles. The molecule has 1 amide bonds. The molecule has 1 saturated heterocycles. The first-order chi connectivity index (χ1) is 12.0. The first-order valence-corrected chi connectivity index (χ1v) is 7.70. The number of benzene rings is 2. The zero-order valence-electron chi connectivity index (χ0n) is 13.2. The van der Waals surface area contributed by atoms with E-state index in [4.69, 9.17) is 14.6 Å². The summed E-state index contributed by atoms with van der Waals surface area (Å²) in [5.41, 5.74) is 0.414. The Labute approximate surface area is 143 Å². The summed E-state index contributed by atoms with van der Waals surface area (Å²) in [4.78, 5) is 24.9. The molecule has 1 atom stereocenters. The molecule has 130 valence electrons. The van der Waals surface area contributed by atoms with Crippen molar-refractivity contribution in [1.29, 1.82) is 0 Å². The first kappa shape index (κ1) is 16.9. The van der Waals surface area contributed by atoms with Gasteiger partial charge in [0.1, 0.15) is 17.3 Å². The highest BCUT2D eigenvalue weighted by Gasteiger charge is 2.29. The monoisotopic (exact) mass is 345 g/mol. The molecule has 1 aliphatic heterocycles. The van der Waals surface area contributed by atoms with Gasteiger partial charge >= 0.3 is 5.97 Å². The fraction of sp³-hybridized carbons (Fsp3) is 0.222. The van der Waals surface area contributed by atoms with Crippen LogP contribution in [0.15, 0.2) is 48.5 Å². The molecule has 6 nitrogen and oxygen atoms in total. The van der Waals surface area contributed by atoms with E-state index in [-0.39, 0.29) is 19.1 Å². The van der Waals surface area contributed by atoms with Gasteiger partial charge in [-0.1, -0.05) is 6.07 Å². The molecule has 2 aromatic rings. The molecule has 1 aliphatic rings. The SMILES string of the molecule is O=C(O)[C@@H]1CN(C(=O)c2ccc(Oc3cccc(F)c3)cc2)CCO1. The maximum Gasteiger partial charge on any atom is 0.334 e. The van der Waals surface area contributed by atoms with Crippen LogP contribution >= 0.6 is 0 Å². The van der Waals surface area contributed by atoms with E-state index in [1.54, 1.807) is 36.4 Å². The van der Waals surface area contributed by atoms with Gasteiger partial charge in [-0.15, -0.1) is 0 Å². The maximum absolute atomic E-state index is 13.2. The molecule has 0 unspecified atom stereocenters. The van der Waals surface area contributed by atoms with Crippen LogP contribution in [-0.4, -0.2) is 47.7 Å². The van der Waals surface area contributed by atoms with Crippen molar-refractivity contribution in [2.75, 3.05) is 19.7 Å². The molecule has 25 heavy (non-hydrogen) atoms. The number of carbonyl (C=O) groups is 2.